The zero-order chi connectivity index (χ0) is 26.8. The molecule has 0 bridgehead atoms. The third-order valence-corrected chi connectivity index (χ3v) is 8.58. The number of allylic oxidation sites excluding steroid dienone is 1. The number of primary amides is 1. The fraction of sp³-hybridized carbons (Fsp3) is 0.333. The average Bonchev–Trinajstić information content (AvgIpc) is 3.22. The van der Waals surface area contributed by atoms with E-state index < -0.39 is 52.6 Å². The topological polar surface area (TPSA) is 154 Å². The molecule has 5 N–H and O–H groups in total. The van der Waals surface area contributed by atoms with Crippen molar-refractivity contribution in [3.05, 3.63) is 61.8 Å². The molecule has 0 aliphatic heterocycles. The van der Waals surface area contributed by atoms with Crippen molar-refractivity contribution < 1.29 is 29.7 Å². The van der Waals surface area contributed by atoms with Crippen LogP contribution in [-0.2, 0) is 20.8 Å². The number of aliphatic hydroxyl groups excluding tert-OH is 2. The molecule has 4 atom stereocenters. The van der Waals surface area contributed by atoms with E-state index in [1.807, 2.05) is 19.1 Å². The van der Waals surface area contributed by atoms with Gasteiger partial charge in [-0.05, 0) is 69.0 Å². The quantitative estimate of drug-likeness (QED) is 0.354. The van der Waals surface area contributed by atoms with Crippen LogP contribution in [0.4, 0.5) is 0 Å². The minimum Gasteiger partial charge on any atom is -0.510 e. The van der Waals surface area contributed by atoms with Crippen molar-refractivity contribution in [1.82, 2.24) is 9.88 Å². The van der Waals surface area contributed by atoms with E-state index in [-0.39, 0.29) is 22.6 Å². The van der Waals surface area contributed by atoms with Crippen molar-refractivity contribution in [2.45, 2.75) is 25.8 Å². The third kappa shape index (κ3) is 3.79. The maximum Gasteiger partial charge on any atom is 0.255 e. The lowest BCUT2D eigenvalue weighted by Crippen LogP contribution is -2.55. The van der Waals surface area contributed by atoms with Gasteiger partial charge in [-0.2, -0.15) is 0 Å². The lowest BCUT2D eigenvalue weighted by Gasteiger charge is -2.46. The molecule has 37 heavy (non-hydrogen) atoms. The Labute approximate surface area is 217 Å². The lowest BCUT2D eigenvalue weighted by molar-refractivity contribution is -0.136. The van der Waals surface area contributed by atoms with Gasteiger partial charge < -0.3 is 21.1 Å². The van der Waals surface area contributed by atoms with Crippen LogP contribution in [0.2, 0.25) is 0 Å². The Bertz CT molecular complexity index is 1450. The van der Waals surface area contributed by atoms with Gasteiger partial charge in [0.2, 0.25) is 0 Å². The summed E-state index contributed by atoms with van der Waals surface area (Å²) in [6, 6.07) is 2.45. The number of phenols is 1. The molecule has 1 saturated carbocycles. The molecule has 0 radical (unpaired) electrons. The molecule has 1 heterocycles. The second-order valence-corrected chi connectivity index (χ2v) is 10.9. The summed E-state index contributed by atoms with van der Waals surface area (Å²) in [5.74, 6) is -5.81. The van der Waals surface area contributed by atoms with Crippen LogP contribution >= 0.6 is 11.3 Å². The Morgan fingerprint density at radius 1 is 1.16 bits per heavy atom. The SMILES string of the molecule is Cc1ncsc1/C=C/c1ccc(O)c2c1CC1CC3C(C(=O)C(C(N)=O)=C(O)[C@H]3N(C)C)C(=O)C1=C2O. The first-order valence-corrected chi connectivity index (χ1v) is 12.7. The number of carbonyl (C=O) groups is 3. The molecule has 1 fully saturated rings. The molecule has 1 amide bonds. The number of hydrogen-bond donors (Lipinski definition) is 4. The molecule has 0 spiro atoms. The van der Waals surface area contributed by atoms with E-state index in [1.54, 1.807) is 30.6 Å². The summed E-state index contributed by atoms with van der Waals surface area (Å²) in [5.41, 5.74) is 9.18. The molecular weight excluding hydrogens is 494 g/mol. The Balaban J connectivity index is 1.63. The van der Waals surface area contributed by atoms with Crippen LogP contribution in [0, 0.1) is 24.7 Å². The number of ketones is 2. The number of Topliss-reactive ketones (excluding diaryl/α,β-unsaturated/α-hetero) is 2. The zero-order valence-electron chi connectivity index (χ0n) is 20.6. The van der Waals surface area contributed by atoms with Crippen LogP contribution < -0.4 is 5.73 Å². The normalized spacial score (nSPS) is 25.5. The fourth-order valence-electron chi connectivity index (χ4n) is 6.08. The summed E-state index contributed by atoms with van der Waals surface area (Å²) in [6.45, 7) is 1.91. The van der Waals surface area contributed by atoms with Crippen molar-refractivity contribution in [2.24, 2.45) is 23.5 Å². The smallest absolute Gasteiger partial charge is 0.255 e. The van der Waals surface area contributed by atoms with Crippen LogP contribution in [0.25, 0.3) is 17.9 Å². The highest BCUT2D eigenvalue weighted by Crippen LogP contribution is 2.50. The number of likely N-dealkylation sites (N-methyl/N-ethyl adjacent to an activating group) is 1. The molecular formula is C27H27N3O6S. The van der Waals surface area contributed by atoms with Crippen LogP contribution in [0.5, 0.6) is 5.75 Å². The van der Waals surface area contributed by atoms with E-state index in [9.17, 15) is 29.7 Å². The molecule has 3 aliphatic rings. The lowest BCUT2D eigenvalue weighted by atomic mass is 9.59. The summed E-state index contributed by atoms with van der Waals surface area (Å²) in [6.07, 6.45) is 4.48. The summed E-state index contributed by atoms with van der Waals surface area (Å²) in [5, 5.41) is 32.8. The Morgan fingerprint density at radius 2 is 1.89 bits per heavy atom. The molecule has 1 aromatic carbocycles. The Hall–Kier alpha value is -3.76. The highest BCUT2D eigenvalue weighted by molar-refractivity contribution is 7.10. The number of rotatable bonds is 4. The number of fused-ring (bicyclic) bond motifs is 3. The summed E-state index contributed by atoms with van der Waals surface area (Å²) in [7, 11) is 3.39. The number of aromatic hydroxyl groups is 1. The summed E-state index contributed by atoms with van der Waals surface area (Å²) in [4.78, 5) is 45.9. The predicted molar refractivity (Wildman–Crippen MR) is 139 cm³/mol. The van der Waals surface area contributed by atoms with Gasteiger partial charge in [0, 0.05) is 10.5 Å². The van der Waals surface area contributed by atoms with E-state index in [0.29, 0.717) is 18.4 Å². The second kappa shape index (κ2) is 8.97. The van der Waals surface area contributed by atoms with Crippen LogP contribution in [0.3, 0.4) is 0 Å². The number of benzene rings is 1. The van der Waals surface area contributed by atoms with Gasteiger partial charge in [0.15, 0.2) is 11.6 Å². The van der Waals surface area contributed by atoms with Gasteiger partial charge in [0.05, 0.1) is 28.7 Å². The monoisotopic (exact) mass is 521 g/mol. The van der Waals surface area contributed by atoms with Gasteiger partial charge in [-0.25, -0.2) is 4.98 Å². The first-order chi connectivity index (χ1) is 17.5. The highest BCUT2D eigenvalue weighted by Gasteiger charge is 2.55. The first-order valence-electron chi connectivity index (χ1n) is 11.9. The summed E-state index contributed by atoms with van der Waals surface area (Å²) < 4.78 is 0. The molecule has 2 aromatic rings. The molecule has 3 aliphatic carbocycles. The molecule has 10 heteroatoms. The second-order valence-electron chi connectivity index (χ2n) is 9.96. The first kappa shape index (κ1) is 24.9. The van der Waals surface area contributed by atoms with Gasteiger partial charge in [-0.3, -0.25) is 19.3 Å². The zero-order valence-corrected chi connectivity index (χ0v) is 21.4. The number of carbonyl (C=O) groups excluding carboxylic acids is 3. The predicted octanol–water partition coefficient (Wildman–Crippen LogP) is 2.78. The van der Waals surface area contributed by atoms with Gasteiger partial charge >= 0.3 is 0 Å². The number of aryl methyl sites for hydroxylation is 1. The molecule has 192 valence electrons. The van der Waals surface area contributed by atoms with Gasteiger partial charge in [0.1, 0.15) is 22.8 Å². The van der Waals surface area contributed by atoms with E-state index in [1.165, 1.54) is 17.4 Å². The van der Waals surface area contributed by atoms with Crippen LogP contribution in [0.15, 0.2) is 34.5 Å². The molecule has 9 nitrogen and oxygen atoms in total. The van der Waals surface area contributed by atoms with Gasteiger partial charge in [-0.1, -0.05) is 12.1 Å². The van der Waals surface area contributed by atoms with Crippen molar-refractivity contribution in [3.8, 4) is 5.75 Å². The molecule has 1 aromatic heterocycles. The maximum absolute atomic E-state index is 13.8. The largest absolute Gasteiger partial charge is 0.510 e. The van der Waals surface area contributed by atoms with Crippen molar-refractivity contribution in [3.63, 3.8) is 0 Å². The fourth-order valence-corrected chi connectivity index (χ4v) is 6.78. The number of amides is 1. The van der Waals surface area contributed by atoms with E-state index in [2.05, 4.69) is 4.98 Å². The highest BCUT2D eigenvalue weighted by atomic mass is 32.1. The van der Waals surface area contributed by atoms with Gasteiger partial charge in [0.25, 0.3) is 5.91 Å². The molecule has 0 saturated heterocycles. The van der Waals surface area contributed by atoms with Crippen molar-refractivity contribution >= 4 is 46.7 Å². The van der Waals surface area contributed by atoms with E-state index in [4.69, 9.17) is 5.73 Å². The Kier molecular flexibility index (Phi) is 6.04. The number of aliphatic hydroxyl groups is 2. The molecule has 5 rings (SSSR count). The van der Waals surface area contributed by atoms with Crippen molar-refractivity contribution in [1.29, 1.82) is 0 Å². The summed E-state index contributed by atoms with van der Waals surface area (Å²) >= 11 is 1.50. The van der Waals surface area contributed by atoms with Gasteiger partial charge in [-0.15, -0.1) is 11.3 Å². The van der Waals surface area contributed by atoms with E-state index >= 15 is 0 Å². The number of aromatic nitrogens is 1. The number of nitrogens with two attached hydrogens (primary N) is 1. The number of nitrogens with zero attached hydrogens (tertiary/aromatic N) is 2. The average molecular weight is 522 g/mol. The molecule has 3 unspecified atom stereocenters. The third-order valence-electron chi connectivity index (χ3n) is 7.68. The standard InChI is InChI=1S/C27H27N3O6S/c1-11-17(37-10-29-11)7-5-12-4-6-16(31)19-14(12)8-13-9-15-20(24(33)18(13)23(19)32)25(34)21(27(28)36)26(35)22(15)30(2)3/h4-7,10,13,15,20,22,31-32,35H,8-9H2,1-3H3,(H2,28,36)/b7-5+/t13?,15?,20?,22-/m0/s1. The number of hydrogen-bond acceptors (Lipinski definition) is 9. The van der Waals surface area contributed by atoms with Crippen LogP contribution in [-0.4, -0.2) is 62.8 Å². The Morgan fingerprint density at radius 3 is 2.51 bits per heavy atom. The number of thiazole rings is 1. The minimum absolute atomic E-state index is 0.0690. The van der Waals surface area contributed by atoms with E-state index in [0.717, 1.165) is 16.1 Å². The maximum atomic E-state index is 13.8. The minimum atomic E-state index is -1.26. The number of phenolic OH excluding ortho intramolecular Hbond substituents is 1. The van der Waals surface area contributed by atoms with Crippen LogP contribution in [0.1, 0.15) is 33.7 Å². The van der Waals surface area contributed by atoms with Crippen molar-refractivity contribution in [2.75, 3.05) is 14.1 Å².